The highest BCUT2D eigenvalue weighted by atomic mass is 32.1. The van der Waals surface area contributed by atoms with Crippen LogP contribution in [0.25, 0.3) is 20.4 Å². The molecular formula is C22H32N6O2S2. The van der Waals surface area contributed by atoms with Gasteiger partial charge in [-0.2, -0.15) is 0 Å². The maximum Gasteiger partial charge on any atom is 0.242 e. The first-order valence-corrected chi connectivity index (χ1v) is 12.6. The highest BCUT2D eigenvalue weighted by molar-refractivity contribution is 7.25. The molecule has 0 aliphatic rings. The van der Waals surface area contributed by atoms with Gasteiger partial charge in [-0.25, -0.2) is 9.97 Å². The second-order valence-electron chi connectivity index (χ2n) is 7.58. The van der Waals surface area contributed by atoms with Gasteiger partial charge >= 0.3 is 0 Å². The third kappa shape index (κ3) is 5.09. The van der Waals surface area contributed by atoms with E-state index in [2.05, 4.69) is 42.5 Å². The van der Waals surface area contributed by atoms with E-state index in [-0.39, 0.29) is 11.8 Å². The maximum atomic E-state index is 12.7. The maximum absolute atomic E-state index is 12.7. The molecule has 0 bridgehead atoms. The van der Waals surface area contributed by atoms with Crippen molar-refractivity contribution in [2.24, 2.45) is 0 Å². The molecule has 1 aromatic carbocycles. The lowest BCUT2D eigenvalue weighted by molar-refractivity contribution is -0.120. The standard InChI is InChI=1S/C22H32N6O2S2/c1-7-27(8-2)13-17(29)25(5)21-23-15-11-12-16-19(20(15)32-21)24-22(31-16)26(6)18(30)14-28(9-3)10-4/h11-12H,7-10,13-14H2,1-6H3. The Kier molecular flexibility index (Phi) is 8.16. The Morgan fingerprint density at radius 2 is 1.28 bits per heavy atom. The first kappa shape index (κ1) is 24.5. The van der Waals surface area contributed by atoms with Gasteiger partial charge in [-0.3, -0.25) is 29.2 Å². The molecule has 0 fully saturated rings. The minimum Gasteiger partial charge on any atom is -0.295 e. The zero-order valence-corrected chi connectivity index (χ0v) is 21.3. The summed E-state index contributed by atoms with van der Waals surface area (Å²) >= 11 is 2.96. The van der Waals surface area contributed by atoms with Crippen LogP contribution in [0, 0.1) is 0 Å². The second kappa shape index (κ2) is 10.7. The molecule has 0 aliphatic carbocycles. The van der Waals surface area contributed by atoms with Crippen LogP contribution in [-0.2, 0) is 9.59 Å². The van der Waals surface area contributed by atoms with E-state index in [9.17, 15) is 9.59 Å². The monoisotopic (exact) mass is 476 g/mol. The van der Waals surface area contributed by atoms with Crippen LogP contribution >= 0.6 is 22.7 Å². The number of anilines is 2. The Balaban J connectivity index is 1.87. The summed E-state index contributed by atoms with van der Waals surface area (Å²) in [7, 11) is 3.55. The van der Waals surface area contributed by atoms with Gasteiger partial charge in [0.1, 0.15) is 5.52 Å². The molecule has 0 saturated heterocycles. The lowest BCUT2D eigenvalue weighted by atomic mass is 10.3. The summed E-state index contributed by atoms with van der Waals surface area (Å²) in [5, 5.41) is 1.33. The summed E-state index contributed by atoms with van der Waals surface area (Å²) in [6.07, 6.45) is 0. The van der Waals surface area contributed by atoms with Crippen LogP contribution in [-0.4, -0.2) is 84.9 Å². The third-order valence-corrected chi connectivity index (χ3v) is 7.97. The lowest BCUT2D eigenvalue weighted by Crippen LogP contribution is -2.38. The van der Waals surface area contributed by atoms with E-state index in [4.69, 9.17) is 4.98 Å². The average molecular weight is 477 g/mol. The molecule has 0 aliphatic heterocycles. The zero-order valence-electron chi connectivity index (χ0n) is 19.7. The first-order chi connectivity index (χ1) is 15.3. The SMILES string of the molecule is CCN(CC)CC(=O)N(C)c1nc2c(ccc3nc(N(C)C(=O)CN(CC)CC)sc32)s1. The molecule has 32 heavy (non-hydrogen) atoms. The molecule has 2 amide bonds. The van der Waals surface area contributed by atoms with Crippen LogP contribution in [0.3, 0.4) is 0 Å². The number of carbonyl (C=O) groups is 2. The fourth-order valence-corrected chi connectivity index (χ4v) is 5.40. The van der Waals surface area contributed by atoms with Gasteiger partial charge < -0.3 is 0 Å². The fourth-order valence-electron chi connectivity index (χ4n) is 3.34. The van der Waals surface area contributed by atoms with Crippen molar-refractivity contribution < 1.29 is 9.59 Å². The fraction of sp³-hybridized carbons (Fsp3) is 0.545. The van der Waals surface area contributed by atoms with E-state index in [0.29, 0.717) is 23.4 Å². The molecule has 3 rings (SSSR count). The van der Waals surface area contributed by atoms with Crippen LogP contribution < -0.4 is 9.80 Å². The molecule has 3 aromatic rings. The van der Waals surface area contributed by atoms with Crippen molar-refractivity contribution >= 4 is 65.2 Å². The highest BCUT2D eigenvalue weighted by Gasteiger charge is 2.21. The molecule has 0 radical (unpaired) electrons. The quantitative estimate of drug-likeness (QED) is 0.446. The summed E-state index contributed by atoms with van der Waals surface area (Å²) in [4.78, 5) is 42.3. The predicted octanol–water partition coefficient (Wildman–Crippen LogP) is 3.52. The Hall–Kier alpha value is -2.14. The number of hydrogen-bond acceptors (Lipinski definition) is 8. The summed E-state index contributed by atoms with van der Waals surface area (Å²) in [5.41, 5.74) is 1.65. The largest absolute Gasteiger partial charge is 0.295 e. The Morgan fingerprint density at radius 3 is 1.78 bits per heavy atom. The zero-order chi connectivity index (χ0) is 23.4. The number of rotatable bonds is 10. The number of hydrogen-bond donors (Lipinski definition) is 0. The number of amides is 2. The van der Waals surface area contributed by atoms with Crippen molar-refractivity contribution in [2.45, 2.75) is 27.7 Å². The topological polar surface area (TPSA) is 72.9 Å². The highest BCUT2D eigenvalue weighted by Crippen LogP contribution is 2.38. The molecule has 0 spiro atoms. The number of thiazole rings is 2. The van der Waals surface area contributed by atoms with E-state index in [0.717, 1.165) is 46.6 Å². The number of likely N-dealkylation sites (N-methyl/N-ethyl adjacent to an activating group) is 4. The Bertz CT molecular complexity index is 1000. The molecule has 2 aromatic heterocycles. The van der Waals surface area contributed by atoms with Crippen molar-refractivity contribution in [3.63, 3.8) is 0 Å². The molecule has 0 unspecified atom stereocenters. The normalized spacial score (nSPS) is 11.8. The van der Waals surface area contributed by atoms with E-state index < -0.39 is 0 Å². The smallest absolute Gasteiger partial charge is 0.242 e. The van der Waals surface area contributed by atoms with Crippen LogP contribution in [0.5, 0.6) is 0 Å². The molecule has 0 atom stereocenters. The number of benzene rings is 1. The summed E-state index contributed by atoms with van der Waals surface area (Å²) < 4.78 is 1.94. The Morgan fingerprint density at radius 1 is 0.781 bits per heavy atom. The van der Waals surface area contributed by atoms with E-state index >= 15 is 0 Å². The molecule has 0 saturated carbocycles. The van der Waals surface area contributed by atoms with Crippen LogP contribution in [0.2, 0.25) is 0 Å². The lowest BCUT2D eigenvalue weighted by Gasteiger charge is -2.21. The van der Waals surface area contributed by atoms with Gasteiger partial charge in [0.2, 0.25) is 11.8 Å². The van der Waals surface area contributed by atoms with Crippen molar-refractivity contribution in [3.8, 4) is 0 Å². The molecule has 0 N–H and O–H groups in total. The van der Waals surface area contributed by atoms with E-state index in [1.165, 1.54) is 22.7 Å². The van der Waals surface area contributed by atoms with Gasteiger partial charge in [0.15, 0.2) is 10.3 Å². The minimum atomic E-state index is 0.0182. The van der Waals surface area contributed by atoms with Gasteiger partial charge in [-0.15, -0.1) is 0 Å². The predicted molar refractivity (Wildman–Crippen MR) is 135 cm³/mol. The van der Waals surface area contributed by atoms with Crippen LogP contribution in [0.1, 0.15) is 27.7 Å². The average Bonchev–Trinajstić information content (AvgIpc) is 3.43. The van der Waals surface area contributed by atoms with Gasteiger partial charge in [-0.1, -0.05) is 50.4 Å². The third-order valence-electron chi connectivity index (χ3n) is 5.72. The molecule has 2 heterocycles. The molecular weight excluding hydrogens is 444 g/mol. The van der Waals surface area contributed by atoms with Crippen molar-refractivity contribution in [1.82, 2.24) is 19.8 Å². The van der Waals surface area contributed by atoms with Crippen LogP contribution in [0.4, 0.5) is 10.3 Å². The van der Waals surface area contributed by atoms with Crippen molar-refractivity contribution in [3.05, 3.63) is 12.1 Å². The Labute approximate surface area is 197 Å². The van der Waals surface area contributed by atoms with Crippen molar-refractivity contribution in [1.29, 1.82) is 0 Å². The molecule has 8 nitrogen and oxygen atoms in total. The van der Waals surface area contributed by atoms with Gasteiger partial charge in [0.25, 0.3) is 0 Å². The first-order valence-electron chi connectivity index (χ1n) is 11.0. The minimum absolute atomic E-state index is 0.0182. The summed E-state index contributed by atoms with van der Waals surface area (Å²) in [5.74, 6) is 0.0421. The molecule has 174 valence electrons. The van der Waals surface area contributed by atoms with Crippen LogP contribution in [0.15, 0.2) is 12.1 Å². The summed E-state index contributed by atoms with van der Waals surface area (Å²) in [6, 6.07) is 3.95. The van der Waals surface area contributed by atoms with Crippen molar-refractivity contribution in [2.75, 3.05) is 63.2 Å². The molecule has 10 heteroatoms. The van der Waals surface area contributed by atoms with Gasteiger partial charge in [-0.05, 0) is 38.3 Å². The van der Waals surface area contributed by atoms with Gasteiger partial charge in [0.05, 0.1) is 28.0 Å². The number of fused-ring (bicyclic) bond motifs is 3. The van der Waals surface area contributed by atoms with E-state index in [1.54, 1.807) is 23.9 Å². The second-order valence-corrected chi connectivity index (χ2v) is 9.57. The van der Waals surface area contributed by atoms with Gasteiger partial charge in [0, 0.05) is 14.1 Å². The summed E-state index contributed by atoms with van der Waals surface area (Å²) in [6.45, 7) is 12.3. The number of carbonyl (C=O) groups excluding carboxylic acids is 2. The number of nitrogens with zero attached hydrogens (tertiary/aromatic N) is 6. The van der Waals surface area contributed by atoms with E-state index in [1.807, 2.05) is 12.1 Å². The number of aromatic nitrogens is 2.